The highest BCUT2D eigenvalue weighted by Crippen LogP contribution is 2.33. The Bertz CT molecular complexity index is 913. The summed E-state index contributed by atoms with van der Waals surface area (Å²) in [6, 6.07) is 8.17. The van der Waals surface area contributed by atoms with E-state index in [2.05, 4.69) is 10.2 Å². The highest BCUT2D eigenvalue weighted by Gasteiger charge is 2.31. The van der Waals surface area contributed by atoms with E-state index in [1.54, 1.807) is 19.1 Å². The van der Waals surface area contributed by atoms with Gasteiger partial charge in [-0.25, -0.2) is 0 Å². The molecule has 4 nitrogen and oxygen atoms in total. The maximum atomic E-state index is 12.9. The number of rotatable bonds is 2. The fraction of sp³-hybridized carbons (Fsp3) is 0.188. The van der Waals surface area contributed by atoms with Crippen molar-refractivity contribution in [3.63, 3.8) is 0 Å². The zero-order valence-corrected chi connectivity index (χ0v) is 12.3. The Morgan fingerprint density at radius 3 is 2.52 bits per heavy atom. The lowest BCUT2D eigenvalue weighted by molar-refractivity contribution is -0.137. The van der Waals surface area contributed by atoms with Crippen molar-refractivity contribution in [1.29, 1.82) is 0 Å². The summed E-state index contributed by atoms with van der Waals surface area (Å²) in [7, 11) is 0. The van der Waals surface area contributed by atoms with Crippen molar-refractivity contribution in [3.05, 3.63) is 53.2 Å². The molecule has 0 unspecified atom stereocenters. The van der Waals surface area contributed by atoms with Gasteiger partial charge in [-0.2, -0.15) is 22.9 Å². The molecular formula is C16H12F3N3O. The topological polar surface area (TPSA) is 47.3 Å². The number of hydrogen-bond acceptors (Lipinski definition) is 3. The van der Waals surface area contributed by atoms with Crippen molar-refractivity contribution in [2.45, 2.75) is 20.0 Å². The van der Waals surface area contributed by atoms with Gasteiger partial charge in [-0.3, -0.25) is 4.79 Å². The maximum absolute atomic E-state index is 12.9. The zero-order chi connectivity index (χ0) is 16.8. The van der Waals surface area contributed by atoms with Gasteiger partial charge in [-0.05, 0) is 38.1 Å². The zero-order valence-electron chi connectivity index (χ0n) is 12.3. The van der Waals surface area contributed by atoms with Crippen molar-refractivity contribution in [2.24, 2.45) is 0 Å². The molecule has 0 saturated heterocycles. The molecular weight excluding hydrogens is 307 g/mol. The molecule has 0 aliphatic rings. The molecule has 0 bridgehead atoms. The Hall–Kier alpha value is -2.70. The molecule has 2 aromatic heterocycles. The third-order valence-electron chi connectivity index (χ3n) is 3.45. The van der Waals surface area contributed by atoms with Gasteiger partial charge in [0.05, 0.1) is 22.3 Å². The number of hydrogen-bond donors (Lipinski definition) is 0. The van der Waals surface area contributed by atoms with E-state index < -0.39 is 11.7 Å². The molecule has 23 heavy (non-hydrogen) atoms. The number of fused-ring (bicyclic) bond motifs is 1. The van der Waals surface area contributed by atoms with Crippen molar-refractivity contribution in [3.8, 4) is 11.3 Å². The average molecular weight is 319 g/mol. The molecule has 0 N–H and O–H groups in total. The predicted octanol–water partition coefficient (Wildman–Crippen LogP) is 3.93. The summed E-state index contributed by atoms with van der Waals surface area (Å²) >= 11 is 0. The van der Waals surface area contributed by atoms with E-state index in [4.69, 9.17) is 0 Å². The molecule has 0 aliphatic heterocycles. The van der Waals surface area contributed by atoms with Gasteiger partial charge in [-0.15, -0.1) is 5.10 Å². The molecule has 0 radical (unpaired) electrons. The summed E-state index contributed by atoms with van der Waals surface area (Å²) in [5, 5.41) is 8.37. The van der Waals surface area contributed by atoms with E-state index in [0.717, 1.165) is 12.1 Å². The van der Waals surface area contributed by atoms with E-state index >= 15 is 0 Å². The summed E-state index contributed by atoms with van der Waals surface area (Å²) in [6.07, 6.45) is -4.46. The van der Waals surface area contributed by atoms with Gasteiger partial charge in [0.25, 0.3) is 0 Å². The van der Waals surface area contributed by atoms with E-state index in [1.165, 1.54) is 23.7 Å². The molecule has 0 saturated carbocycles. The van der Waals surface area contributed by atoms with Crippen LogP contribution in [0.15, 0.2) is 36.4 Å². The number of ketones is 1. The Balaban J connectivity index is 2.28. The van der Waals surface area contributed by atoms with Crippen LogP contribution in [-0.2, 0) is 6.18 Å². The molecule has 3 rings (SSSR count). The minimum atomic E-state index is -4.46. The lowest BCUT2D eigenvalue weighted by atomic mass is 10.0. The predicted molar refractivity (Wildman–Crippen MR) is 78.2 cm³/mol. The van der Waals surface area contributed by atoms with Crippen LogP contribution in [-0.4, -0.2) is 20.6 Å². The average Bonchev–Trinajstić information content (AvgIpc) is 2.85. The van der Waals surface area contributed by atoms with Crippen LogP contribution in [0.4, 0.5) is 13.2 Å². The highest BCUT2D eigenvalue weighted by atomic mass is 19.4. The number of alkyl halides is 3. The highest BCUT2D eigenvalue weighted by molar-refractivity contribution is 6.06. The van der Waals surface area contributed by atoms with Crippen LogP contribution < -0.4 is 0 Å². The standard InChI is InChI=1S/C16H12F3N3O/c1-9-6-7-13-14(10(2)23)15(21-22(13)20-9)11-4-3-5-12(8-11)16(17,18)19/h3-8H,1-2H3. The summed E-state index contributed by atoms with van der Waals surface area (Å²) in [5.74, 6) is -0.280. The van der Waals surface area contributed by atoms with E-state index in [9.17, 15) is 18.0 Å². The van der Waals surface area contributed by atoms with Crippen LogP contribution in [0.5, 0.6) is 0 Å². The maximum Gasteiger partial charge on any atom is 0.416 e. The normalized spacial score (nSPS) is 11.9. The molecule has 0 amide bonds. The third kappa shape index (κ3) is 2.69. The molecule has 0 spiro atoms. The molecule has 0 atom stereocenters. The Morgan fingerprint density at radius 1 is 1.13 bits per heavy atom. The van der Waals surface area contributed by atoms with Gasteiger partial charge in [0.1, 0.15) is 5.69 Å². The Kier molecular flexibility index (Phi) is 3.43. The summed E-state index contributed by atoms with van der Waals surface area (Å²) in [5.41, 5.74) is 1.05. The van der Waals surface area contributed by atoms with Gasteiger partial charge in [0, 0.05) is 5.56 Å². The quantitative estimate of drug-likeness (QED) is 0.673. The first-order valence-corrected chi connectivity index (χ1v) is 6.82. The summed E-state index contributed by atoms with van der Waals surface area (Å²) < 4.78 is 40.0. The smallest absolute Gasteiger partial charge is 0.294 e. The van der Waals surface area contributed by atoms with Gasteiger partial charge in [0.15, 0.2) is 5.78 Å². The number of aromatic nitrogens is 3. The number of aryl methyl sites for hydroxylation is 1. The number of halogens is 3. The van der Waals surface area contributed by atoms with Gasteiger partial charge < -0.3 is 0 Å². The van der Waals surface area contributed by atoms with E-state index in [0.29, 0.717) is 11.2 Å². The molecule has 7 heteroatoms. The lowest BCUT2D eigenvalue weighted by Crippen LogP contribution is -2.05. The first kappa shape index (κ1) is 15.2. The van der Waals surface area contributed by atoms with Crippen LogP contribution in [0.25, 0.3) is 16.8 Å². The fourth-order valence-corrected chi connectivity index (χ4v) is 2.42. The summed E-state index contributed by atoms with van der Waals surface area (Å²) in [4.78, 5) is 12.0. The van der Waals surface area contributed by atoms with Crippen LogP contribution in [0.3, 0.4) is 0 Å². The second-order valence-electron chi connectivity index (χ2n) is 5.21. The SMILES string of the molecule is CC(=O)c1c(-c2cccc(C(F)(F)F)c2)nn2nc(C)ccc12. The van der Waals surface area contributed by atoms with Gasteiger partial charge in [0.2, 0.25) is 0 Å². The van der Waals surface area contributed by atoms with Crippen LogP contribution >= 0.6 is 0 Å². The monoisotopic (exact) mass is 319 g/mol. The largest absolute Gasteiger partial charge is 0.416 e. The number of nitrogens with zero attached hydrogens (tertiary/aromatic N) is 3. The number of benzene rings is 1. The number of carbonyl (C=O) groups excluding carboxylic acids is 1. The number of carbonyl (C=O) groups is 1. The number of Topliss-reactive ketones (excluding diaryl/α,β-unsaturated/α-hetero) is 1. The Morgan fingerprint density at radius 2 is 1.87 bits per heavy atom. The van der Waals surface area contributed by atoms with Gasteiger partial charge >= 0.3 is 6.18 Å². The van der Waals surface area contributed by atoms with Crippen molar-refractivity contribution < 1.29 is 18.0 Å². The van der Waals surface area contributed by atoms with Crippen LogP contribution in [0, 0.1) is 6.92 Å². The summed E-state index contributed by atoms with van der Waals surface area (Å²) in [6.45, 7) is 3.12. The molecule has 0 fully saturated rings. The van der Waals surface area contributed by atoms with Crippen LogP contribution in [0.2, 0.25) is 0 Å². The van der Waals surface area contributed by atoms with Gasteiger partial charge in [-0.1, -0.05) is 12.1 Å². The third-order valence-corrected chi connectivity index (χ3v) is 3.45. The van der Waals surface area contributed by atoms with E-state index in [-0.39, 0.29) is 22.6 Å². The molecule has 0 aliphatic carbocycles. The second kappa shape index (κ2) is 5.19. The first-order valence-electron chi connectivity index (χ1n) is 6.82. The van der Waals surface area contributed by atoms with Crippen molar-refractivity contribution in [2.75, 3.05) is 0 Å². The van der Waals surface area contributed by atoms with Crippen molar-refractivity contribution >= 4 is 11.3 Å². The molecule has 2 heterocycles. The fourth-order valence-electron chi connectivity index (χ4n) is 2.42. The minimum absolute atomic E-state index is 0.196. The Labute approximate surface area is 129 Å². The molecule has 1 aromatic carbocycles. The van der Waals surface area contributed by atoms with Crippen LogP contribution in [0.1, 0.15) is 28.5 Å². The minimum Gasteiger partial charge on any atom is -0.294 e. The van der Waals surface area contributed by atoms with E-state index in [1.807, 2.05) is 0 Å². The lowest BCUT2D eigenvalue weighted by Gasteiger charge is -2.08. The van der Waals surface area contributed by atoms with Crippen molar-refractivity contribution in [1.82, 2.24) is 14.8 Å². The molecule has 118 valence electrons. The first-order chi connectivity index (χ1) is 10.8. The second-order valence-corrected chi connectivity index (χ2v) is 5.21. The molecule has 3 aromatic rings.